The topological polar surface area (TPSA) is 52.7 Å². The van der Waals surface area contributed by atoms with Crippen LogP contribution in [0.4, 0.5) is 5.69 Å². The third-order valence-corrected chi connectivity index (χ3v) is 5.25. The summed E-state index contributed by atoms with van der Waals surface area (Å²) in [6, 6.07) is 19.4. The normalized spacial score (nSPS) is 14.8. The van der Waals surface area contributed by atoms with E-state index in [2.05, 4.69) is 10.2 Å². The molecule has 2 amide bonds. The standard InChI is InChI=1S/C20H23N3O2S/c24-19(21-17-7-3-1-4-8-17)15-22-11-13-23(14-12-22)20(25)16-26-18-9-5-2-6-10-18/h1-10H,11-16H2,(H,21,24). The summed E-state index contributed by atoms with van der Waals surface area (Å²) in [6.07, 6.45) is 0. The van der Waals surface area contributed by atoms with Crippen LogP contribution in [0.1, 0.15) is 0 Å². The van der Waals surface area contributed by atoms with Gasteiger partial charge in [-0.3, -0.25) is 14.5 Å². The molecule has 1 heterocycles. The van der Waals surface area contributed by atoms with Gasteiger partial charge >= 0.3 is 0 Å². The molecule has 2 aromatic rings. The van der Waals surface area contributed by atoms with Crippen molar-refractivity contribution in [3.63, 3.8) is 0 Å². The molecule has 6 heteroatoms. The molecule has 0 atom stereocenters. The van der Waals surface area contributed by atoms with Crippen LogP contribution >= 0.6 is 11.8 Å². The number of hydrogen-bond acceptors (Lipinski definition) is 4. The third kappa shape index (κ3) is 5.61. The van der Waals surface area contributed by atoms with Gasteiger partial charge in [-0.25, -0.2) is 0 Å². The summed E-state index contributed by atoms with van der Waals surface area (Å²) in [5.74, 6) is 0.598. The minimum absolute atomic E-state index is 0.0180. The summed E-state index contributed by atoms with van der Waals surface area (Å²) in [5, 5.41) is 2.90. The molecular formula is C20H23N3O2S. The highest BCUT2D eigenvalue weighted by atomic mass is 32.2. The lowest BCUT2D eigenvalue weighted by molar-refractivity contribution is -0.130. The van der Waals surface area contributed by atoms with Crippen LogP contribution in [0.2, 0.25) is 0 Å². The van der Waals surface area contributed by atoms with Crippen LogP contribution in [0.5, 0.6) is 0 Å². The lowest BCUT2D eigenvalue weighted by Crippen LogP contribution is -2.50. The first kappa shape index (κ1) is 18.5. The Morgan fingerprint density at radius 3 is 2.15 bits per heavy atom. The zero-order valence-corrected chi connectivity index (χ0v) is 15.5. The second-order valence-electron chi connectivity index (χ2n) is 6.17. The average molecular weight is 369 g/mol. The van der Waals surface area contributed by atoms with Crippen molar-refractivity contribution in [3.8, 4) is 0 Å². The van der Waals surface area contributed by atoms with Crippen LogP contribution < -0.4 is 5.32 Å². The number of nitrogens with one attached hydrogen (secondary N) is 1. The maximum Gasteiger partial charge on any atom is 0.238 e. The Bertz CT molecular complexity index is 716. The Hall–Kier alpha value is -2.31. The van der Waals surface area contributed by atoms with Gasteiger partial charge in [0.1, 0.15) is 0 Å². The smallest absolute Gasteiger partial charge is 0.238 e. The first-order chi connectivity index (χ1) is 12.7. The fraction of sp³-hybridized carbons (Fsp3) is 0.300. The molecule has 3 rings (SSSR count). The Kier molecular flexibility index (Phi) is 6.68. The van der Waals surface area contributed by atoms with Crippen molar-refractivity contribution >= 4 is 29.3 Å². The van der Waals surface area contributed by atoms with Crippen molar-refractivity contribution in [2.75, 3.05) is 43.8 Å². The summed E-state index contributed by atoms with van der Waals surface area (Å²) >= 11 is 1.57. The number of amides is 2. The molecule has 0 saturated carbocycles. The summed E-state index contributed by atoms with van der Waals surface area (Å²) < 4.78 is 0. The molecule has 1 saturated heterocycles. The number of rotatable bonds is 6. The van der Waals surface area contributed by atoms with Gasteiger partial charge in [0, 0.05) is 36.8 Å². The predicted molar refractivity (Wildman–Crippen MR) is 105 cm³/mol. The number of benzene rings is 2. The van der Waals surface area contributed by atoms with Gasteiger partial charge in [0.2, 0.25) is 11.8 Å². The molecule has 5 nitrogen and oxygen atoms in total. The second kappa shape index (κ2) is 9.40. The van der Waals surface area contributed by atoms with Crippen molar-refractivity contribution in [2.24, 2.45) is 0 Å². The quantitative estimate of drug-likeness (QED) is 0.795. The second-order valence-corrected chi connectivity index (χ2v) is 7.22. The van der Waals surface area contributed by atoms with E-state index in [0.29, 0.717) is 25.4 Å². The van der Waals surface area contributed by atoms with E-state index in [9.17, 15) is 9.59 Å². The van der Waals surface area contributed by atoms with E-state index in [4.69, 9.17) is 0 Å². The fourth-order valence-corrected chi connectivity index (χ4v) is 3.66. The maximum atomic E-state index is 12.3. The summed E-state index contributed by atoms with van der Waals surface area (Å²) in [7, 11) is 0. The van der Waals surface area contributed by atoms with Crippen LogP contribution in [-0.2, 0) is 9.59 Å². The van der Waals surface area contributed by atoms with Crippen LogP contribution in [0, 0.1) is 0 Å². The van der Waals surface area contributed by atoms with Gasteiger partial charge in [-0.05, 0) is 24.3 Å². The van der Waals surface area contributed by atoms with Crippen molar-refractivity contribution < 1.29 is 9.59 Å². The molecule has 26 heavy (non-hydrogen) atoms. The van der Waals surface area contributed by atoms with Crippen molar-refractivity contribution in [3.05, 3.63) is 60.7 Å². The summed E-state index contributed by atoms with van der Waals surface area (Å²) in [6.45, 7) is 3.16. The minimum Gasteiger partial charge on any atom is -0.339 e. The number of hydrogen-bond donors (Lipinski definition) is 1. The summed E-state index contributed by atoms with van der Waals surface area (Å²) in [4.78, 5) is 29.6. The van der Waals surface area contributed by atoms with E-state index in [1.807, 2.05) is 65.6 Å². The molecule has 1 fully saturated rings. The van der Waals surface area contributed by atoms with E-state index in [1.165, 1.54) is 0 Å². The zero-order chi connectivity index (χ0) is 18.2. The molecule has 0 aromatic heterocycles. The van der Waals surface area contributed by atoms with Gasteiger partial charge < -0.3 is 10.2 Å². The van der Waals surface area contributed by atoms with E-state index in [1.54, 1.807) is 11.8 Å². The molecule has 0 aliphatic carbocycles. The number of anilines is 1. The Balaban J connectivity index is 1.38. The third-order valence-electron chi connectivity index (χ3n) is 4.26. The number of thioether (sulfide) groups is 1. The van der Waals surface area contributed by atoms with Crippen LogP contribution in [0.15, 0.2) is 65.6 Å². The average Bonchev–Trinajstić information content (AvgIpc) is 2.68. The Morgan fingerprint density at radius 2 is 1.50 bits per heavy atom. The van der Waals surface area contributed by atoms with E-state index < -0.39 is 0 Å². The molecule has 0 radical (unpaired) electrons. The molecule has 136 valence electrons. The molecule has 1 N–H and O–H groups in total. The van der Waals surface area contributed by atoms with E-state index in [-0.39, 0.29) is 11.8 Å². The number of piperazine rings is 1. The minimum atomic E-state index is -0.0180. The van der Waals surface area contributed by atoms with Gasteiger partial charge in [-0.1, -0.05) is 36.4 Å². The predicted octanol–water partition coefficient (Wildman–Crippen LogP) is 2.56. The zero-order valence-electron chi connectivity index (χ0n) is 14.6. The van der Waals surface area contributed by atoms with Crippen LogP contribution in [0.3, 0.4) is 0 Å². The first-order valence-electron chi connectivity index (χ1n) is 8.73. The van der Waals surface area contributed by atoms with Crippen LogP contribution in [0.25, 0.3) is 0 Å². The SMILES string of the molecule is O=C(CN1CCN(C(=O)CSc2ccccc2)CC1)Nc1ccccc1. The van der Waals surface area contributed by atoms with E-state index >= 15 is 0 Å². The highest BCUT2D eigenvalue weighted by molar-refractivity contribution is 8.00. The number of carbonyl (C=O) groups is 2. The van der Waals surface area contributed by atoms with Gasteiger partial charge in [-0.2, -0.15) is 0 Å². The van der Waals surface area contributed by atoms with Gasteiger partial charge in [-0.15, -0.1) is 11.8 Å². The molecule has 0 unspecified atom stereocenters. The molecule has 0 bridgehead atoms. The molecule has 0 spiro atoms. The van der Waals surface area contributed by atoms with E-state index in [0.717, 1.165) is 23.7 Å². The number of para-hydroxylation sites is 1. The highest BCUT2D eigenvalue weighted by Gasteiger charge is 2.22. The Labute approximate surface area is 158 Å². The van der Waals surface area contributed by atoms with Crippen LogP contribution in [-0.4, -0.2) is 60.1 Å². The first-order valence-corrected chi connectivity index (χ1v) is 9.72. The van der Waals surface area contributed by atoms with Crippen molar-refractivity contribution in [1.82, 2.24) is 9.80 Å². The molecule has 2 aromatic carbocycles. The van der Waals surface area contributed by atoms with Crippen molar-refractivity contribution in [2.45, 2.75) is 4.90 Å². The fourth-order valence-electron chi connectivity index (χ4n) is 2.83. The molecule has 1 aliphatic rings. The van der Waals surface area contributed by atoms with Crippen molar-refractivity contribution in [1.29, 1.82) is 0 Å². The molecule has 1 aliphatic heterocycles. The number of nitrogens with zero attached hydrogens (tertiary/aromatic N) is 2. The largest absolute Gasteiger partial charge is 0.339 e. The Morgan fingerprint density at radius 1 is 0.885 bits per heavy atom. The summed E-state index contributed by atoms with van der Waals surface area (Å²) in [5.41, 5.74) is 0.809. The van der Waals surface area contributed by atoms with Gasteiger partial charge in [0.05, 0.1) is 12.3 Å². The van der Waals surface area contributed by atoms with Gasteiger partial charge in [0.25, 0.3) is 0 Å². The number of carbonyl (C=O) groups excluding carboxylic acids is 2. The maximum absolute atomic E-state index is 12.3. The monoisotopic (exact) mass is 369 g/mol. The lowest BCUT2D eigenvalue weighted by atomic mass is 10.3. The van der Waals surface area contributed by atoms with Gasteiger partial charge in [0.15, 0.2) is 0 Å². The lowest BCUT2D eigenvalue weighted by Gasteiger charge is -2.34. The highest BCUT2D eigenvalue weighted by Crippen LogP contribution is 2.18. The molecular weight excluding hydrogens is 346 g/mol.